The number of nitrogens with zero attached hydrogens (tertiary/aromatic N) is 2. The van der Waals surface area contributed by atoms with Crippen LogP contribution in [0, 0.1) is 6.92 Å². The summed E-state index contributed by atoms with van der Waals surface area (Å²) in [6.07, 6.45) is 0. The summed E-state index contributed by atoms with van der Waals surface area (Å²) in [6, 6.07) is 11.1. The van der Waals surface area contributed by atoms with Crippen LogP contribution in [0.5, 0.6) is 0 Å². The molecule has 20 heavy (non-hydrogen) atoms. The third-order valence-corrected chi connectivity index (χ3v) is 3.60. The second-order valence-electron chi connectivity index (χ2n) is 4.23. The molecule has 2 rings (SSSR count). The zero-order chi connectivity index (χ0) is 14.4. The Morgan fingerprint density at radius 3 is 2.75 bits per heavy atom. The van der Waals surface area contributed by atoms with Crippen LogP contribution >= 0.6 is 11.8 Å². The molecule has 106 valence electrons. The van der Waals surface area contributed by atoms with Gasteiger partial charge in [-0.3, -0.25) is 9.36 Å². The van der Waals surface area contributed by atoms with Gasteiger partial charge >= 0.3 is 0 Å². The van der Waals surface area contributed by atoms with E-state index in [1.54, 1.807) is 10.6 Å². The van der Waals surface area contributed by atoms with Crippen molar-refractivity contribution in [3.05, 3.63) is 52.4 Å². The molecule has 0 atom stereocenters. The van der Waals surface area contributed by atoms with Crippen LogP contribution in [0.15, 0.2) is 46.3 Å². The number of para-hydroxylation sites is 1. The minimum atomic E-state index is -0.0531. The van der Waals surface area contributed by atoms with Gasteiger partial charge in [-0.25, -0.2) is 4.98 Å². The van der Waals surface area contributed by atoms with Crippen molar-refractivity contribution in [2.75, 3.05) is 19.0 Å². The van der Waals surface area contributed by atoms with Crippen LogP contribution in [-0.2, 0) is 4.74 Å². The molecule has 0 amide bonds. The van der Waals surface area contributed by atoms with Gasteiger partial charge in [-0.15, -0.1) is 0 Å². The smallest absolute Gasteiger partial charge is 0.258 e. The lowest BCUT2D eigenvalue weighted by Gasteiger charge is -2.12. The summed E-state index contributed by atoms with van der Waals surface area (Å²) in [5.41, 5.74) is 1.52. The third-order valence-electron chi connectivity index (χ3n) is 2.69. The Morgan fingerprint density at radius 1 is 1.30 bits per heavy atom. The number of aryl methyl sites for hydroxylation is 1. The first-order valence-electron chi connectivity index (χ1n) is 6.59. The molecule has 1 aromatic carbocycles. The lowest BCUT2D eigenvalue weighted by molar-refractivity contribution is 0.164. The summed E-state index contributed by atoms with van der Waals surface area (Å²) in [5.74, 6) is 0.774. The molecule has 0 N–H and O–H groups in total. The van der Waals surface area contributed by atoms with Crippen molar-refractivity contribution < 1.29 is 4.74 Å². The lowest BCUT2D eigenvalue weighted by atomic mass is 10.3. The van der Waals surface area contributed by atoms with Gasteiger partial charge in [0.1, 0.15) is 0 Å². The van der Waals surface area contributed by atoms with Crippen molar-refractivity contribution in [1.29, 1.82) is 0 Å². The largest absolute Gasteiger partial charge is 0.381 e. The highest BCUT2D eigenvalue weighted by atomic mass is 32.2. The first-order chi connectivity index (χ1) is 9.72. The topological polar surface area (TPSA) is 44.1 Å². The van der Waals surface area contributed by atoms with E-state index in [-0.39, 0.29) is 5.56 Å². The Kier molecular flexibility index (Phi) is 5.38. The second-order valence-corrected chi connectivity index (χ2v) is 5.30. The van der Waals surface area contributed by atoms with Gasteiger partial charge < -0.3 is 4.74 Å². The van der Waals surface area contributed by atoms with Crippen LogP contribution in [0.25, 0.3) is 5.69 Å². The van der Waals surface area contributed by atoms with Gasteiger partial charge in [-0.2, -0.15) is 0 Å². The van der Waals surface area contributed by atoms with Crippen molar-refractivity contribution in [1.82, 2.24) is 9.55 Å². The summed E-state index contributed by atoms with van der Waals surface area (Å²) >= 11 is 1.54. The van der Waals surface area contributed by atoms with Gasteiger partial charge in [0.05, 0.1) is 12.3 Å². The van der Waals surface area contributed by atoms with E-state index in [0.29, 0.717) is 18.4 Å². The van der Waals surface area contributed by atoms with E-state index < -0.39 is 0 Å². The zero-order valence-corrected chi connectivity index (χ0v) is 12.5. The maximum atomic E-state index is 12.2. The van der Waals surface area contributed by atoms with Gasteiger partial charge in [0.15, 0.2) is 5.16 Å². The van der Waals surface area contributed by atoms with Crippen molar-refractivity contribution in [3.63, 3.8) is 0 Å². The number of aromatic nitrogens is 2. The molecule has 2 aromatic rings. The highest BCUT2D eigenvalue weighted by molar-refractivity contribution is 7.99. The Balaban J connectivity index is 2.32. The van der Waals surface area contributed by atoms with Gasteiger partial charge in [-0.1, -0.05) is 30.0 Å². The first-order valence-corrected chi connectivity index (χ1v) is 7.57. The fraction of sp³-hybridized carbons (Fsp3) is 0.333. The molecule has 5 heteroatoms. The van der Waals surface area contributed by atoms with E-state index >= 15 is 0 Å². The van der Waals surface area contributed by atoms with Crippen molar-refractivity contribution in [2.24, 2.45) is 0 Å². The molecule has 0 aliphatic heterocycles. The Labute approximate surface area is 122 Å². The lowest BCUT2D eigenvalue weighted by Crippen LogP contribution is -2.21. The summed E-state index contributed by atoms with van der Waals surface area (Å²) in [4.78, 5) is 16.7. The predicted octanol–water partition coefficient (Wildman–Crippen LogP) is 2.67. The molecule has 0 saturated carbocycles. The van der Waals surface area contributed by atoms with Crippen molar-refractivity contribution >= 4 is 11.8 Å². The van der Waals surface area contributed by atoms with E-state index in [0.717, 1.165) is 17.1 Å². The molecule has 0 saturated heterocycles. The zero-order valence-electron chi connectivity index (χ0n) is 11.7. The average molecular weight is 290 g/mol. The molecule has 0 aliphatic carbocycles. The van der Waals surface area contributed by atoms with Crippen LogP contribution in [-0.4, -0.2) is 28.5 Å². The van der Waals surface area contributed by atoms with Crippen LogP contribution in [0.4, 0.5) is 0 Å². The fourth-order valence-electron chi connectivity index (χ4n) is 1.82. The first kappa shape index (κ1) is 14.8. The van der Waals surface area contributed by atoms with E-state index in [4.69, 9.17) is 4.74 Å². The Morgan fingerprint density at radius 2 is 2.05 bits per heavy atom. The van der Waals surface area contributed by atoms with Crippen LogP contribution in [0.2, 0.25) is 0 Å². The normalized spacial score (nSPS) is 10.7. The van der Waals surface area contributed by atoms with E-state index in [9.17, 15) is 4.79 Å². The van der Waals surface area contributed by atoms with Gasteiger partial charge in [0, 0.05) is 24.1 Å². The minimum Gasteiger partial charge on any atom is -0.381 e. The third kappa shape index (κ3) is 3.71. The second kappa shape index (κ2) is 7.26. The molecule has 4 nitrogen and oxygen atoms in total. The summed E-state index contributed by atoms with van der Waals surface area (Å²) in [7, 11) is 0. The van der Waals surface area contributed by atoms with E-state index in [2.05, 4.69) is 4.98 Å². The van der Waals surface area contributed by atoms with E-state index in [1.165, 1.54) is 11.8 Å². The van der Waals surface area contributed by atoms with Gasteiger partial charge in [0.25, 0.3) is 5.56 Å². The van der Waals surface area contributed by atoms with Crippen LogP contribution in [0.3, 0.4) is 0 Å². The number of ether oxygens (including phenoxy) is 1. The molecule has 0 bridgehead atoms. The average Bonchev–Trinajstić information content (AvgIpc) is 2.44. The minimum absolute atomic E-state index is 0.0531. The molecule has 1 aromatic heterocycles. The standard InChI is InChI=1S/C15H18N2O2S/c1-3-19-9-10-20-15-16-12(2)11-14(18)17(15)13-7-5-4-6-8-13/h4-8,11H,3,9-10H2,1-2H3. The van der Waals surface area contributed by atoms with Gasteiger partial charge in [-0.05, 0) is 26.0 Å². The predicted molar refractivity (Wildman–Crippen MR) is 81.8 cm³/mol. The highest BCUT2D eigenvalue weighted by Gasteiger charge is 2.09. The SMILES string of the molecule is CCOCCSc1nc(C)cc(=O)n1-c1ccccc1. The van der Waals surface area contributed by atoms with Crippen molar-refractivity contribution in [2.45, 2.75) is 19.0 Å². The summed E-state index contributed by atoms with van der Waals surface area (Å²) in [6.45, 7) is 5.16. The number of hydrogen-bond acceptors (Lipinski definition) is 4. The van der Waals surface area contributed by atoms with Crippen LogP contribution in [0.1, 0.15) is 12.6 Å². The molecule has 0 fully saturated rings. The Bertz CT molecular complexity index is 611. The summed E-state index contributed by atoms with van der Waals surface area (Å²) < 4.78 is 6.97. The van der Waals surface area contributed by atoms with Crippen LogP contribution < -0.4 is 5.56 Å². The maximum absolute atomic E-state index is 12.2. The number of hydrogen-bond donors (Lipinski definition) is 0. The quantitative estimate of drug-likeness (QED) is 0.466. The van der Waals surface area contributed by atoms with Gasteiger partial charge in [0.2, 0.25) is 0 Å². The monoisotopic (exact) mass is 290 g/mol. The molecule has 0 unspecified atom stereocenters. The summed E-state index contributed by atoms with van der Waals surface area (Å²) in [5, 5.41) is 0.709. The fourth-order valence-corrected chi connectivity index (χ4v) is 2.74. The number of rotatable bonds is 6. The number of thioether (sulfide) groups is 1. The molecule has 0 radical (unpaired) electrons. The number of benzene rings is 1. The maximum Gasteiger partial charge on any atom is 0.258 e. The van der Waals surface area contributed by atoms with E-state index in [1.807, 2.05) is 44.2 Å². The van der Waals surface area contributed by atoms with Crippen molar-refractivity contribution in [3.8, 4) is 5.69 Å². The Hall–Kier alpha value is -1.59. The molecule has 0 spiro atoms. The highest BCUT2D eigenvalue weighted by Crippen LogP contribution is 2.18. The molecule has 0 aliphatic rings. The molecular weight excluding hydrogens is 272 g/mol. The molecule has 1 heterocycles. The molecular formula is C15H18N2O2S.